The van der Waals surface area contributed by atoms with Crippen LogP contribution in [0.5, 0.6) is 0 Å². The molecule has 6 heteroatoms. The summed E-state index contributed by atoms with van der Waals surface area (Å²) in [5.74, 6) is 0.414. The molecule has 0 spiro atoms. The summed E-state index contributed by atoms with van der Waals surface area (Å²) < 4.78 is 14.0. The largest absolute Gasteiger partial charge is 0.481 e. The van der Waals surface area contributed by atoms with Crippen LogP contribution in [-0.2, 0) is 11.2 Å². The van der Waals surface area contributed by atoms with Crippen LogP contribution in [0.3, 0.4) is 0 Å². The first-order chi connectivity index (χ1) is 18.2. The summed E-state index contributed by atoms with van der Waals surface area (Å²) in [6, 6.07) is 7.80. The van der Waals surface area contributed by atoms with Crippen molar-refractivity contribution in [2.75, 3.05) is 13.6 Å². The Morgan fingerprint density at radius 2 is 1.92 bits per heavy atom. The van der Waals surface area contributed by atoms with Crippen LogP contribution in [0.1, 0.15) is 91.3 Å². The van der Waals surface area contributed by atoms with Crippen LogP contribution in [0.2, 0.25) is 0 Å². The number of aromatic nitrogens is 1. The molecule has 1 aromatic heterocycles. The van der Waals surface area contributed by atoms with Gasteiger partial charge in [0.25, 0.3) is 5.91 Å². The number of hydrogen-bond acceptors (Lipinski definition) is 3. The van der Waals surface area contributed by atoms with Crippen molar-refractivity contribution in [2.45, 2.75) is 70.6 Å². The maximum Gasteiger partial charge on any atom is 0.311 e. The van der Waals surface area contributed by atoms with E-state index in [0.29, 0.717) is 36.2 Å². The molecule has 0 aliphatic heterocycles. The molecule has 2 saturated carbocycles. The number of aryl methyl sites for hydroxylation is 1. The lowest BCUT2D eigenvalue weighted by Crippen LogP contribution is -2.42. The number of hydrogen-bond donors (Lipinski definition) is 1. The predicted octanol–water partition coefficient (Wildman–Crippen LogP) is 6.49. The highest BCUT2D eigenvalue weighted by molar-refractivity contribution is 5.94. The molecule has 2 fully saturated rings. The molecule has 0 unspecified atom stereocenters. The van der Waals surface area contributed by atoms with E-state index in [2.05, 4.69) is 30.1 Å². The third-order valence-corrected chi connectivity index (χ3v) is 10.5. The minimum absolute atomic E-state index is 0.0348. The predicted molar refractivity (Wildman–Crippen MR) is 144 cm³/mol. The van der Waals surface area contributed by atoms with Crippen molar-refractivity contribution >= 4 is 17.4 Å². The first-order valence-electron chi connectivity index (χ1n) is 14.2. The van der Waals surface area contributed by atoms with Crippen LogP contribution in [0.25, 0.3) is 5.57 Å². The van der Waals surface area contributed by atoms with Crippen molar-refractivity contribution in [1.29, 1.82) is 0 Å². The van der Waals surface area contributed by atoms with Gasteiger partial charge in [0.15, 0.2) is 0 Å². The molecule has 38 heavy (non-hydrogen) atoms. The number of rotatable bonds is 5. The molecular weight excluding hydrogens is 479 g/mol. The van der Waals surface area contributed by atoms with Gasteiger partial charge in [0.1, 0.15) is 5.82 Å². The van der Waals surface area contributed by atoms with Gasteiger partial charge in [-0.2, -0.15) is 0 Å². The molecule has 4 aliphatic rings. The molecular formula is C32H37FN2O3. The van der Waals surface area contributed by atoms with E-state index in [0.717, 1.165) is 50.5 Å². The van der Waals surface area contributed by atoms with E-state index in [9.17, 15) is 19.1 Å². The van der Waals surface area contributed by atoms with Crippen molar-refractivity contribution in [1.82, 2.24) is 9.88 Å². The fourth-order valence-electron chi connectivity index (χ4n) is 8.53. The normalized spacial score (nSPS) is 29.1. The number of amides is 1. The number of halogens is 1. The Hall–Kier alpha value is -3.02. The lowest BCUT2D eigenvalue weighted by molar-refractivity contribution is -0.149. The van der Waals surface area contributed by atoms with Gasteiger partial charge < -0.3 is 10.0 Å². The summed E-state index contributed by atoms with van der Waals surface area (Å²) >= 11 is 0. The Morgan fingerprint density at radius 1 is 1.13 bits per heavy atom. The Morgan fingerprint density at radius 3 is 2.66 bits per heavy atom. The minimum atomic E-state index is -0.809. The highest BCUT2D eigenvalue weighted by Gasteiger charge is 2.52. The summed E-state index contributed by atoms with van der Waals surface area (Å²) in [7, 11) is 1.74. The number of carboxylic acid groups (broad SMARTS) is 1. The minimum Gasteiger partial charge on any atom is -0.481 e. The van der Waals surface area contributed by atoms with Crippen molar-refractivity contribution < 1.29 is 19.1 Å². The number of pyridine rings is 1. The van der Waals surface area contributed by atoms with Crippen LogP contribution in [0, 0.1) is 28.5 Å². The summed E-state index contributed by atoms with van der Waals surface area (Å²) in [6.07, 6.45) is 13.7. The summed E-state index contributed by atoms with van der Waals surface area (Å²) in [6.45, 7) is 2.62. The zero-order valence-corrected chi connectivity index (χ0v) is 22.4. The second-order valence-electron chi connectivity index (χ2n) is 12.5. The third kappa shape index (κ3) is 3.99. The molecule has 1 amide bonds. The number of carboxylic acids is 1. The van der Waals surface area contributed by atoms with Gasteiger partial charge in [-0.1, -0.05) is 31.9 Å². The zero-order valence-electron chi connectivity index (χ0n) is 22.4. The SMILES string of the molecule is CN(CC1(C(=O)O)CCCC1)C(=O)c1ccc2c(c1)CC[C@@H]1[C@@H]2CC[C@]2(C)C(c3cncc(F)c3)=CC[C@@H]12. The Labute approximate surface area is 224 Å². The number of nitrogens with zero attached hydrogens (tertiary/aromatic N) is 2. The molecule has 200 valence electrons. The van der Waals surface area contributed by atoms with Crippen LogP contribution in [-0.4, -0.2) is 40.5 Å². The first kappa shape index (κ1) is 25.3. The van der Waals surface area contributed by atoms with E-state index >= 15 is 0 Å². The van der Waals surface area contributed by atoms with Crippen LogP contribution < -0.4 is 0 Å². The van der Waals surface area contributed by atoms with E-state index in [1.54, 1.807) is 24.2 Å². The standard InChI is InChI=1S/C32H37FN2O3/c1-31-14-11-25-24-7-6-21(29(36)35(2)19-32(30(37)38)12-3-4-13-32)15-20(24)5-8-26(25)28(31)10-9-27(31)22-16-23(33)18-34-17-22/h6-7,9,15-18,25-26,28H,3-5,8,10-14,19H2,1-2H3,(H,37,38)/t25-,26-,28+,31-/m1/s1. The highest BCUT2D eigenvalue weighted by Crippen LogP contribution is 2.63. The molecule has 0 bridgehead atoms. The Balaban J connectivity index is 1.20. The summed E-state index contributed by atoms with van der Waals surface area (Å²) in [5, 5.41) is 9.85. The number of fused-ring (bicyclic) bond motifs is 5. The van der Waals surface area contributed by atoms with Crippen LogP contribution in [0.4, 0.5) is 4.39 Å². The van der Waals surface area contributed by atoms with E-state index < -0.39 is 11.4 Å². The zero-order chi connectivity index (χ0) is 26.7. The maximum atomic E-state index is 14.0. The quantitative estimate of drug-likeness (QED) is 0.493. The topological polar surface area (TPSA) is 70.5 Å². The van der Waals surface area contributed by atoms with Gasteiger partial charge in [-0.05, 0) is 109 Å². The number of allylic oxidation sites excluding steroid dienone is 2. The molecule has 6 rings (SSSR count). The average molecular weight is 517 g/mol. The molecule has 0 radical (unpaired) electrons. The number of benzene rings is 1. The van der Waals surface area contributed by atoms with Crippen molar-refractivity contribution in [3.05, 3.63) is 70.8 Å². The Bertz CT molecular complexity index is 1310. The molecule has 2 aromatic rings. The second-order valence-corrected chi connectivity index (χ2v) is 12.5. The first-order valence-corrected chi connectivity index (χ1v) is 14.2. The molecule has 5 nitrogen and oxygen atoms in total. The average Bonchev–Trinajstić information content (AvgIpc) is 3.52. The van der Waals surface area contributed by atoms with E-state index in [-0.39, 0.29) is 23.7 Å². The number of carbonyl (C=O) groups excluding carboxylic acids is 1. The summed E-state index contributed by atoms with van der Waals surface area (Å²) in [4.78, 5) is 31.1. The van der Waals surface area contributed by atoms with Crippen molar-refractivity contribution in [3.8, 4) is 0 Å². The van der Waals surface area contributed by atoms with Gasteiger partial charge in [-0.15, -0.1) is 0 Å². The van der Waals surface area contributed by atoms with Crippen molar-refractivity contribution in [3.63, 3.8) is 0 Å². The third-order valence-electron chi connectivity index (χ3n) is 10.5. The van der Waals surface area contributed by atoms with Crippen molar-refractivity contribution in [2.24, 2.45) is 22.7 Å². The van der Waals surface area contributed by atoms with Gasteiger partial charge in [-0.3, -0.25) is 14.6 Å². The molecule has 4 atom stereocenters. The van der Waals surface area contributed by atoms with E-state index in [1.807, 2.05) is 6.07 Å². The van der Waals surface area contributed by atoms with Crippen LogP contribution >= 0.6 is 0 Å². The monoisotopic (exact) mass is 516 g/mol. The maximum absolute atomic E-state index is 14.0. The fourth-order valence-corrected chi connectivity index (χ4v) is 8.53. The lowest BCUT2D eigenvalue weighted by atomic mass is 9.54. The molecule has 1 aromatic carbocycles. The van der Waals surface area contributed by atoms with Gasteiger partial charge >= 0.3 is 5.97 Å². The van der Waals surface area contributed by atoms with E-state index in [1.165, 1.54) is 22.9 Å². The van der Waals surface area contributed by atoms with Gasteiger partial charge in [0, 0.05) is 25.4 Å². The lowest BCUT2D eigenvalue weighted by Gasteiger charge is -2.50. The number of aliphatic carboxylic acids is 1. The molecule has 0 saturated heterocycles. The van der Waals surface area contributed by atoms with Gasteiger partial charge in [-0.25, -0.2) is 4.39 Å². The molecule has 1 heterocycles. The van der Waals surface area contributed by atoms with Gasteiger partial charge in [0.05, 0.1) is 11.6 Å². The second kappa shape index (κ2) is 9.32. The number of carbonyl (C=O) groups is 2. The van der Waals surface area contributed by atoms with E-state index in [4.69, 9.17) is 0 Å². The fraction of sp³-hybridized carbons (Fsp3) is 0.531. The molecule has 1 N–H and O–H groups in total. The summed E-state index contributed by atoms with van der Waals surface area (Å²) in [5.41, 5.74) is 4.70. The van der Waals surface area contributed by atoms with Gasteiger partial charge in [0.2, 0.25) is 0 Å². The van der Waals surface area contributed by atoms with Crippen LogP contribution in [0.15, 0.2) is 42.7 Å². The highest BCUT2D eigenvalue weighted by atomic mass is 19.1. The molecule has 4 aliphatic carbocycles. The Kier molecular flexibility index (Phi) is 6.20. The smallest absolute Gasteiger partial charge is 0.311 e.